The second-order valence-electron chi connectivity index (χ2n) is 3.04. The van der Waals surface area contributed by atoms with Crippen LogP contribution in [-0.4, -0.2) is 4.98 Å². The molecule has 2 heteroatoms. The van der Waals surface area contributed by atoms with Crippen LogP contribution in [-0.2, 0) is 0 Å². The maximum Gasteiger partial charge on any atom is 0.213 e. The van der Waals surface area contributed by atoms with Crippen molar-refractivity contribution in [2.75, 3.05) is 0 Å². The van der Waals surface area contributed by atoms with Crippen LogP contribution >= 0.6 is 0 Å². The highest BCUT2D eigenvalue weighted by Gasteiger charge is 2.19. The molecule has 0 atom stereocenters. The van der Waals surface area contributed by atoms with E-state index in [0.29, 0.717) is 5.92 Å². The van der Waals surface area contributed by atoms with Crippen molar-refractivity contribution in [2.24, 2.45) is 0 Å². The highest BCUT2D eigenvalue weighted by molar-refractivity contribution is 5.18. The van der Waals surface area contributed by atoms with Crippen LogP contribution in [0, 0.1) is 5.95 Å². The van der Waals surface area contributed by atoms with E-state index in [1.54, 1.807) is 12.3 Å². The van der Waals surface area contributed by atoms with Gasteiger partial charge in [0.1, 0.15) is 0 Å². The van der Waals surface area contributed by atoms with Gasteiger partial charge in [-0.2, -0.15) is 4.39 Å². The zero-order valence-corrected chi connectivity index (χ0v) is 6.26. The lowest BCUT2D eigenvalue weighted by Gasteiger charge is -2.25. The molecule has 1 nitrogen and oxygen atoms in total. The SMILES string of the molecule is Fc1cc(C2CCC2)ccn1. The summed E-state index contributed by atoms with van der Waals surface area (Å²) in [4.78, 5) is 3.51. The summed E-state index contributed by atoms with van der Waals surface area (Å²) in [5, 5.41) is 0. The van der Waals surface area contributed by atoms with E-state index >= 15 is 0 Å². The Morgan fingerprint density at radius 3 is 2.82 bits per heavy atom. The van der Waals surface area contributed by atoms with Gasteiger partial charge >= 0.3 is 0 Å². The lowest BCUT2D eigenvalue weighted by Crippen LogP contribution is -2.08. The smallest absolute Gasteiger partial charge is 0.213 e. The molecule has 1 heterocycles. The Labute approximate surface area is 65.3 Å². The van der Waals surface area contributed by atoms with E-state index in [-0.39, 0.29) is 5.95 Å². The minimum Gasteiger partial charge on any atom is -0.228 e. The number of nitrogens with zero attached hydrogens (tertiary/aromatic N) is 1. The molecule has 0 spiro atoms. The van der Waals surface area contributed by atoms with E-state index in [9.17, 15) is 4.39 Å². The minimum atomic E-state index is -0.352. The summed E-state index contributed by atoms with van der Waals surface area (Å²) >= 11 is 0. The summed E-state index contributed by atoms with van der Waals surface area (Å²) in [6, 6.07) is 3.46. The number of hydrogen-bond acceptors (Lipinski definition) is 1. The Kier molecular flexibility index (Phi) is 1.60. The monoisotopic (exact) mass is 151 g/mol. The van der Waals surface area contributed by atoms with Gasteiger partial charge in [0, 0.05) is 6.20 Å². The van der Waals surface area contributed by atoms with Crippen LogP contribution in [0.1, 0.15) is 30.7 Å². The summed E-state index contributed by atoms with van der Waals surface area (Å²) in [5.74, 6) is 0.252. The molecule has 0 saturated heterocycles. The fourth-order valence-electron chi connectivity index (χ4n) is 1.41. The standard InChI is InChI=1S/C9H10FN/c10-9-6-8(4-5-11-9)7-2-1-3-7/h4-7H,1-3H2. The van der Waals surface area contributed by atoms with Crippen LogP contribution < -0.4 is 0 Å². The number of rotatable bonds is 1. The van der Waals surface area contributed by atoms with Crippen molar-refractivity contribution in [3.05, 3.63) is 29.8 Å². The Hall–Kier alpha value is -0.920. The van der Waals surface area contributed by atoms with Gasteiger partial charge in [-0.3, -0.25) is 0 Å². The van der Waals surface area contributed by atoms with Crippen molar-refractivity contribution in [3.63, 3.8) is 0 Å². The summed E-state index contributed by atoms with van der Waals surface area (Å²) in [6.45, 7) is 0. The second-order valence-corrected chi connectivity index (χ2v) is 3.04. The number of halogens is 1. The third-order valence-electron chi connectivity index (χ3n) is 2.33. The van der Waals surface area contributed by atoms with Crippen molar-refractivity contribution in [3.8, 4) is 0 Å². The minimum absolute atomic E-state index is 0.352. The largest absolute Gasteiger partial charge is 0.228 e. The predicted molar refractivity (Wildman–Crippen MR) is 40.8 cm³/mol. The second kappa shape index (κ2) is 2.61. The highest BCUT2D eigenvalue weighted by atomic mass is 19.1. The van der Waals surface area contributed by atoms with Gasteiger partial charge in [-0.15, -0.1) is 0 Å². The third kappa shape index (κ3) is 1.25. The molecule has 0 N–H and O–H groups in total. The average Bonchev–Trinajstić information content (AvgIpc) is 1.83. The molecule has 11 heavy (non-hydrogen) atoms. The Bertz CT molecular complexity index is 255. The molecule has 58 valence electrons. The normalized spacial score (nSPS) is 17.9. The third-order valence-corrected chi connectivity index (χ3v) is 2.33. The summed E-state index contributed by atoms with van der Waals surface area (Å²) in [5.41, 5.74) is 1.11. The molecular weight excluding hydrogens is 141 g/mol. The molecule has 1 saturated carbocycles. The van der Waals surface area contributed by atoms with Crippen LogP contribution in [0.2, 0.25) is 0 Å². The lowest BCUT2D eigenvalue weighted by molar-refractivity contribution is 0.416. The fraction of sp³-hybridized carbons (Fsp3) is 0.444. The molecule has 1 aliphatic carbocycles. The van der Waals surface area contributed by atoms with Crippen molar-refractivity contribution in [1.29, 1.82) is 0 Å². The van der Waals surface area contributed by atoms with Crippen LogP contribution in [0.3, 0.4) is 0 Å². The molecular formula is C9H10FN. The molecule has 0 unspecified atom stereocenters. The molecule has 1 aromatic heterocycles. The molecule has 0 aromatic carbocycles. The van der Waals surface area contributed by atoms with Gasteiger partial charge in [0.25, 0.3) is 0 Å². The van der Waals surface area contributed by atoms with E-state index in [4.69, 9.17) is 0 Å². The van der Waals surface area contributed by atoms with Crippen LogP contribution in [0.15, 0.2) is 18.3 Å². The topological polar surface area (TPSA) is 12.9 Å². The predicted octanol–water partition coefficient (Wildman–Crippen LogP) is 2.49. The molecule has 2 rings (SSSR count). The van der Waals surface area contributed by atoms with Crippen molar-refractivity contribution in [2.45, 2.75) is 25.2 Å². The Balaban J connectivity index is 2.23. The van der Waals surface area contributed by atoms with Crippen molar-refractivity contribution in [1.82, 2.24) is 4.98 Å². The van der Waals surface area contributed by atoms with Gasteiger partial charge in [-0.05, 0) is 36.5 Å². The number of aromatic nitrogens is 1. The fourth-order valence-corrected chi connectivity index (χ4v) is 1.41. The van der Waals surface area contributed by atoms with Crippen LogP contribution in [0.25, 0.3) is 0 Å². The van der Waals surface area contributed by atoms with Crippen LogP contribution in [0.5, 0.6) is 0 Å². The van der Waals surface area contributed by atoms with Crippen LogP contribution in [0.4, 0.5) is 4.39 Å². The molecule has 0 amide bonds. The first kappa shape index (κ1) is 6.77. The van der Waals surface area contributed by atoms with E-state index in [2.05, 4.69) is 4.98 Å². The van der Waals surface area contributed by atoms with E-state index in [1.165, 1.54) is 19.3 Å². The molecule has 0 aliphatic heterocycles. The van der Waals surface area contributed by atoms with E-state index in [0.717, 1.165) is 5.56 Å². The zero-order valence-electron chi connectivity index (χ0n) is 6.26. The Morgan fingerprint density at radius 2 is 2.27 bits per heavy atom. The van der Waals surface area contributed by atoms with Crippen molar-refractivity contribution >= 4 is 0 Å². The van der Waals surface area contributed by atoms with Gasteiger partial charge < -0.3 is 0 Å². The molecule has 1 aliphatic rings. The summed E-state index contributed by atoms with van der Waals surface area (Å²) in [6.07, 6.45) is 5.25. The maximum atomic E-state index is 12.6. The van der Waals surface area contributed by atoms with Gasteiger partial charge in [0.05, 0.1) is 0 Å². The lowest BCUT2D eigenvalue weighted by atomic mass is 9.80. The van der Waals surface area contributed by atoms with Gasteiger partial charge in [0.15, 0.2) is 0 Å². The Morgan fingerprint density at radius 1 is 1.45 bits per heavy atom. The van der Waals surface area contributed by atoms with Crippen molar-refractivity contribution < 1.29 is 4.39 Å². The van der Waals surface area contributed by atoms with E-state index < -0.39 is 0 Å². The number of hydrogen-bond donors (Lipinski definition) is 0. The summed E-state index contributed by atoms with van der Waals surface area (Å²) < 4.78 is 12.6. The first-order valence-electron chi connectivity index (χ1n) is 3.98. The quantitative estimate of drug-likeness (QED) is 0.562. The molecule has 0 bridgehead atoms. The molecule has 1 fully saturated rings. The van der Waals surface area contributed by atoms with Gasteiger partial charge in [-0.25, -0.2) is 4.98 Å². The highest BCUT2D eigenvalue weighted by Crippen LogP contribution is 2.35. The zero-order chi connectivity index (χ0) is 7.68. The van der Waals surface area contributed by atoms with Gasteiger partial charge in [0.2, 0.25) is 5.95 Å². The first-order chi connectivity index (χ1) is 5.36. The molecule has 0 radical (unpaired) electrons. The average molecular weight is 151 g/mol. The van der Waals surface area contributed by atoms with E-state index in [1.807, 2.05) is 6.07 Å². The first-order valence-corrected chi connectivity index (χ1v) is 3.98. The maximum absolute atomic E-state index is 12.6. The number of pyridine rings is 1. The van der Waals surface area contributed by atoms with Gasteiger partial charge in [-0.1, -0.05) is 6.42 Å². The molecule has 1 aromatic rings. The summed E-state index contributed by atoms with van der Waals surface area (Å²) in [7, 11) is 0.